The minimum Gasteiger partial charge on any atom is -0.512 e. The van der Waals surface area contributed by atoms with Crippen LogP contribution in [0, 0.1) is 30.2 Å². The van der Waals surface area contributed by atoms with Crippen LogP contribution in [-0.2, 0) is 31.3 Å². The van der Waals surface area contributed by atoms with E-state index in [0.29, 0.717) is 0 Å². The number of benzene rings is 2. The number of ketones is 1. The van der Waals surface area contributed by atoms with Gasteiger partial charge in [0.1, 0.15) is 0 Å². The van der Waals surface area contributed by atoms with E-state index >= 15 is 0 Å². The van der Waals surface area contributed by atoms with Crippen LogP contribution in [0.2, 0.25) is 0 Å². The fraction of sp³-hybridized carbons (Fsp3) is 0.444. The van der Waals surface area contributed by atoms with Crippen molar-refractivity contribution in [3.63, 3.8) is 0 Å². The van der Waals surface area contributed by atoms with E-state index in [1.54, 1.807) is 0 Å². The third-order valence-electron chi connectivity index (χ3n) is 8.20. The molecule has 221 valence electrons. The summed E-state index contributed by atoms with van der Waals surface area (Å²) in [6, 6.07) is 14.1. The van der Waals surface area contributed by atoms with Crippen LogP contribution >= 0.6 is 0 Å². The largest absolute Gasteiger partial charge is 0.512 e. The van der Waals surface area contributed by atoms with E-state index in [-0.39, 0.29) is 48.9 Å². The molecule has 0 bridgehead atoms. The Morgan fingerprint density at radius 3 is 2.32 bits per heavy atom. The quantitative estimate of drug-likeness (QED) is 0.0569. The number of aryl methyl sites for hydroxylation is 1. The summed E-state index contributed by atoms with van der Waals surface area (Å²) < 4.78 is 2.35. The number of aliphatic hydroxyl groups is 1. The molecular weight excluding hydrogens is 685 g/mol. The van der Waals surface area contributed by atoms with Crippen LogP contribution in [0.4, 0.5) is 0 Å². The van der Waals surface area contributed by atoms with Crippen LogP contribution in [0.3, 0.4) is 0 Å². The predicted octanol–water partition coefficient (Wildman–Crippen LogP) is 9.80. The minimum atomic E-state index is 0. The number of nitrogens with zero attached hydrogens (tertiary/aromatic N) is 2. The summed E-state index contributed by atoms with van der Waals surface area (Å²) >= 11 is 0. The molecule has 1 radical (unpaired) electrons. The molecule has 5 rings (SSSR count). The molecule has 0 unspecified atom stereocenters. The Kier molecular flexibility index (Phi) is 10.8. The van der Waals surface area contributed by atoms with Crippen molar-refractivity contribution >= 4 is 43.9 Å². The Morgan fingerprint density at radius 2 is 1.71 bits per heavy atom. The van der Waals surface area contributed by atoms with Crippen molar-refractivity contribution in [3.8, 4) is 0 Å². The molecule has 0 saturated carbocycles. The molecule has 5 heteroatoms. The van der Waals surface area contributed by atoms with Crippen molar-refractivity contribution in [1.29, 1.82) is 0 Å². The van der Waals surface area contributed by atoms with Crippen molar-refractivity contribution < 1.29 is 30.0 Å². The molecule has 0 atom stereocenters. The van der Waals surface area contributed by atoms with Crippen LogP contribution in [0.15, 0.2) is 54.6 Å². The first-order chi connectivity index (χ1) is 19.0. The molecule has 0 aliphatic heterocycles. The SMILES string of the molecule is CCC(CC)C(=O)/C=C(\O)C(CC)CC.Cc1cn2c3ccc[c-]c3c3nccc4cc(CC(C)(C)C)c1c2c43.[Ir]. The summed E-state index contributed by atoms with van der Waals surface area (Å²) in [5.41, 5.74) is 6.58. The summed E-state index contributed by atoms with van der Waals surface area (Å²) in [7, 11) is 0. The zero-order valence-corrected chi connectivity index (χ0v) is 28.3. The van der Waals surface area contributed by atoms with Gasteiger partial charge in [-0.1, -0.05) is 54.5 Å². The summed E-state index contributed by atoms with van der Waals surface area (Å²) in [6.07, 6.45) is 10.2. The Labute approximate surface area is 258 Å². The smallest absolute Gasteiger partial charge is 0.162 e. The number of carbonyl (C=O) groups is 1. The third kappa shape index (κ3) is 6.68. The number of hydrogen-bond acceptors (Lipinski definition) is 3. The minimum absolute atomic E-state index is 0. The fourth-order valence-corrected chi connectivity index (χ4v) is 6.07. The van der Waals surface area contributed by atoms with E-state index in [0.717, 1.165) is 43.0 Å². The molecule has 0 fully saturated rings. The van der Waals surface area contributed by atoms with Gasteiger partial charge in [0.05, 0.1) is 5.76 Å². The molecular formula is C36H45IrN2O2-. The maximum absolute atomic E-state index is 11.7. The number of aliphatic hydroxyl groups excluding tert-OH is 1. The molecule has 3 heterocycles. The van der Waals surface area contributed by atoms with Gasteiger partial charge >= 0.3 is 0 Å². The van der Waals surface area contributed by atoms with Crippen LogP contribution in [-0.4, -0.2) is 20.3 Å². The van der Waals surface area contributed by atoms with E-state index in [9.17, 15) is 9.90 Å². The third-order valence-corrected chi connectivity index (χ3v) is 8.20. The van der Waals surface area contributed by atoms with Gasteiger partial charge in [-0.3, -0.25) is 4.79 Å². The molecule has 5 aromatic rings. The van der Waals surface area contributed by atoms with Gasteiger partial charge in [-0.05, 0) is 83.4 Å². The monoisotopic (exact) mass is 730 g/mol. The molecule has 0 aliphatic carbocycles. The van der Waals surface area contributed by atoms with Crippen LogP contribution in [0.25, 0.3) is 38.1 Å². The van der Waals surface area contributed by atoms with Crippen molar-refractivity contribution in [2.75, 3.05) is 0 Å². The summed E-state index contributed by atoms with van der Waals surface area (Å²) in [5, 5.41) is 14.8. The average molecular weight is 730 g/mol. The summed E-state index contributed by atoms with van der Waals surface area (Å²) in [6.45, 7) is 17.2. The van der Waals surface area contributed by atoms with Crippen molar-refractivity contribution in [2.45, 2.75) is 87.5 Å². The van der Waals surface area contributed by atoms with Gasteiger partial charge in [0, 0.05) is 61.3 Å². The molecule has 0 saturated heterocycles. The number of allylic oxidation sites excluding steroid dienone is 2. The molecule has 41 heavy (non-hydrogen) atoms. The number of hydrogen-bond donors (Lipinski definition) is 1. The number of carbonyl (C=O) groups excluding carboxylic acids is 1. The second kappa shape index (κ2) is 13.5. The second-order valence-corrected chi connectivity index (χ2v) is 12.4. The van der Waals surface area contributed by atoms with Gasteiger partial charge in [0.25, 0.3) is 0 Å². The zero-order valence-electron chi connectivity index (χ0n) is 25.9. The molecule has 0 amide bonds. The number of fused-ring (bicyclic) bond motifs is 3. The van der Waals surface area contributed by atoms with E-state index in [2.05, 4.69) is 68.6 Å². The first-order valence-corrected chi connectivity index (χ1v) is 14.9. The Bertz CT molecular complexity index is 1650. The first kappa shape index (κ1) is 32.8. The number of pyridine rings is 2. The van der Waals surface area contributed by atoms with E-state index < -0.39 is 0 Å². The number of aromatic nitrogens is 2. The first-order valence-electron chi connectivity index (χ1n) is 14.9. The van der Waals surface area contributed by atoms with E-state index in [1.807, 2.05) is 40.0 Å². The Morgan fingerprint density at radius 1 is 1.05 bits per heavy atom. The normalized spacial score (nSPS) is 12.5. The van der Waals surface area contributed by atoms with Gasteiger partial charge in [0.15, 0.2) is 5.78 Å². The molecule has 3 aromatic heterocycles. The molecule has 2 aromatic carbocycles. The molecule has 1 N–H and O–H groups in total. The second-order valence-electron chi connectivity index (χ2n) is 12.4. The topological polar surface area (TPSA) is 54.6 Å². The molecule has 0 spiro atoms. The predicted molar refractivity (Wildman–Crippen MR) is 169 cm³/mol. The van der Waals surface area contributed by atoms with E-state index in [4.69, 9.17) is 4.98 Å². The standard InChI is InChI=1S/C23H21N2.C13H24O2.Ir/c1-14-13-25-18-8-6-5-7-17(18)21-20-15(9-10-24-21)11-16(12-23(2,3)4)19(14)22(20)25;1-5-10(6-2)12(14)9-13(15)11(7-3)8-4;/h5-6,8-11,13H,12H2,1-4H3;9-11,14H,5-8H2,1-4H3;/q-1;;/b;12-9-;. The Balaban J connectivity index is 0.000000253. The average Bonchev–Trinajstić information content (AvgIpc) is 3.27. The van der Waals surface area contributed by atoms with Crippen molar-refractivity contribution in [3.05, 3.63) is 71.8 Å². The van der Waals surface area contributed by atoms with Gasteiger partial charge in [0.2, 0.25) is 0 Å². The van der Waals surface area contributed by atoms with Crippen LogP contribution in [0.1, 0.15) is 85.3 Å². The number of rotatable bonds is 8. The van der Waals surface area contributed by atoms with Crippen molar-refractivity contribution in [1.82, 2.24) is 9.38 Å². The maximum Gasteiger partial charge on any atom is 0.162 e. The maximum atomic E-state index is 11.7. The summed E-state index contributed by atoms with van der Waals surface area (Å²) in [5.74, 6) is 0.547. The van der Waals surface area contributed by atoms with Gasteiger partial charge in [-0.15, -0.1) is 29.7 Å². The van der Waals surface area contributed by atoms with Gasteiger partial charge in [-0.25, -0.2) is 0 Å². The van der Waals surface area contributed by atoms with Gasteiger partial charge < -0.3 is 14.5 Å². The van der Waals surface area contributed by atoms with E-state index in [1.165, 1.54) is 44.4 Å². The zero-order chi connectivity index (χ0) is 29.2. The molecule has 0 aliphatic rings. The Hall–Kier alpha value is -2.75. The molecule has 4 nitrogen and oxygen atoms in total. The van der Waals surface area contributed by atoms with Crippen LogP contribution in [0.5, 0.6) is 0 Å². The van der Waals surface area contributed by atoms with Gasteiger partial charge in [-0.2, -0.15) is 0 Å². The fourth-order valence-electron chi connectivity index (χ4n) is 6.07. The van der Waals surface area contributed by atoms with Crippen LogP contribution < -0.4 is 0 Å². The van der Waals surface area contributed by atoms with Crippen molar-refractivity contribution in [2.24, 2.45) is 17.3 Å². The summed E-state index contributed by atoms with van der Waals surface area (Å²) in [4.78, 5) is 16.4.